The lowest BCUT2D eigenvalue weighted by Gasteiger charge is -2.37. The molecule has 1 aromatic heterocycles. The summed E-state index contributed by atoms with van der Waals surface area (Å²) in [7, 11) is 0. The van der Waals surface area contributed by atoms with Gasteiger partial charge in [-0.25, -0.2) is 0 Å². The highest BCUT2D eigenvalue weighted by atomic mass is 16.5. The molecule has 2 fully saturated rings. The summed E-state index contributed by atoms with van der Waals surface area (Å²) in [5.74, 6) is 0.100. The average Bonchev–Trinajstić information content (AvgIpc) is 2.71. The molecule has 27 heavy (non-hydrogen) atoms. The number of nitrogens with zero attached hydrogens (tertiary/aromatic N) is 2. The van der Waals surface area contributed by atoms with Gasteiger partial charge in [-0.15, -0.1) is 0 Å². The molecule has 142 valence electrons. The molecule has 1 aromatic carbocycles. The molecule has 1 aliphatic carbocycles. The first-order valence-electron chi connectivity index (χ1n) is 9.53. The highest BCUT2D eigenvalue weighted by Gasteiger charge is 2.36. The van der Waals surface area contributed by atoms with Crippen molar-refractivity contribution < 1.29 is 14.6 Å². The third-order valence-electron chi connectivity index (χ3n) is 5.40. The number of nitrogens with one attached hydrogen (secondary N) is 1. The average molecular weight is 367 g/mol. The van der Waals surface area contributed by atoms with Crippen LogP contribution in [0.3, 0.4) is 0 Å². The van der Waals surface area contributed by atoms with Crippen molar-refractivity contribution in [3.8, 4) is 0 Å². The van der Waals surface area contributed by atoms with Crippen LogP contribution in [0.5, 0.6) is 0 Å². The number of aliphatic hydroxyl groups excluding tert-OH is 1. The van der Waals surface area contributed by atoms with Gasteiger partial charge in [-0.2, -0.15) is 0 Å². The molecule has 4 rings (SSSR count). The standard InChI is InChI=1S/C21H25N3O3/c25-18-13-16(14-18)20(19-6-1-2-7-22-19)23-21(26)15-4-3-5-17(12-15)24-8-10-27-11-9-24/h1-7,12,16,18,20,25H,8-11,13-14H2,(H,23,26). The Morgan fingerprint density at radius 1 is 1.19 bits per heavy atom. The molecule has 2 N–H and O–H groups in total. The zero-order valence-electron chi connectivity index (χ0n) is 15.3. The van der Waals surface area contributed by atoms with Crippen LogP contribution in [0.15, 0.2) is 48.7 Å². The number of ether oxygens (including phenoxy) is 1. The van der Waals surface area contributed by atoms with Crippen molar-refractivity contribution >= 4 is 11.6 Å². The van der Waals surface area contributed by atoms with Crippen LogP contribution in [0.1, 0.15) is 34.9 Å². The zero-order chi connectivity index (χ0) is 18.6. The van der Waals surface area contributed by atoms with Gasteiger partial charge in [-0.1, -0.05) is 12.1 Å². The molecule has 2 aliphatic rings. The van der Waals surface area contributed by atoms with Crippen molar-refractivity contribution in [2.24, 2.45) is 5.92 Å². The number of carbonyl (C=O) groups is 1. The van der Waals surface area contributed by atoms with Crippen molar-refractivity contribution in [2.75, 3.05) is 31.2 Å². The Balaban J connectivity index is 1.51. The first kappa shape index (κ1) is 17.9. The SMILES string of the molecule is O=C(NC(c1ccccn1)C1CC(O)C1)c1cccc(N2CCOCC2)c1. The van der Waals surface area contributed by atoms with Gasteiger partial charge in [0.1, 0.15) is 0 Å². The van der Waals surface area contributed by atoms with Crippen molar-refractivity contribution in [3.63, 3.8) is 0 Å². The van der Waals surface area contributed by atoms with Gasteiger partial charge in [-0.05, 0) is 49.1 Å². The topological polar surface area (TPSA) is 74.7 Å². The lowest BCUT2D eigenvalue weighted by atomic mass is 9.76. The van der Waals surface area contributed by atoms with Crippen molar-refractivity contribution in [3.05, 3.63) is 59.9 Å². The van der Waals surface area contributed by atoms with E-state index in [9.17, 15) is 9.90 Å². The number of benzene rings is 1. The summed E-state index contributed by atoms with van der Waals surface area (Å²) in [6.45, 7) is 3.09. The van der Waals surface area contributed by atoms with E-state index in [0.717, 1.165) is 24.5 Å². The number of hydrogen-bond donors (Lipinski definition) is 2. The number of morpholine rings is 1. The second-order valence-electron chi connectivity index (χ2n) is 7.24. The van der Waals surface area contributed by atoms with Gasteiger partial charge in [-0.3, -0.25) is 9.78 Å². The van der Waals surface area contributed by atoms with E-state index in [0.29, 0.717) is 31.6 Å². The number of pyridine rings is 1. The van der Waals surface area contributed by atoms with Crippen LogP contribution in [-0.2, 0) is 4.74 Å². The zero-order valence-corrected chi connectivity index (χ0v) is 15.3. The Kier molecular flexibility index (Phi) is 5.36. The summed E-state index contributed by atoms with van der Waals surface area (Å²) >= 11 is 0. The summed E-state index contributed by atoms with van der Waals surface area (Å²) in [5, 5.41) is 12.8. The third kappa shape index (κ3) is 4.12. The van der Waals surface area contributed by atoms with Crippen LogP contribution < -0.4 is 10.2 Å². The molecular weight excluding hydrogens is 342 g/mol. The highest BCUT2D eigenvalue weighted by molar-refractivity contribution is 5.95. The van der Waals surface area contributed by atoms with Gasteiger partial charge in [0.2, 0.25) is 0 Å². The fraction of sp³-hybridized carbons (Fsp3) is 0.429. The fourth-order valence-corrected chi connectivity index (χ4v) is 3.79. The molecule has 0 bridgehead atoms. The third-order valence-corrected chi connectivity index (χ3v) is 5.40. The van der Waals surface area contributed by atoms with Crippen LogP contribution in [0.25, 0.3) is 0 Å². The monoisotopic (exact) mass is 367 g/mol. The van der Waals surface area contributed by atoms with Gasteiger partial charge in [0.15, 0.2) is 0 Å². The predicted octanol–water partition coefficient (Wildman–Crippen LogP) is 2.16. The number of hydrogen-bond acceptors (Lipinski definition) is 5. The second-order valence-corrected chi connectivity index (χ2v) is 7.24. The number of amides is 1. The molecule has 2 aromatic rings. The van der Waals surface area contributed by atoms with Crippen LogP contribution in [0, 0.1) is 5.92 Å². The van der Waals surface area contributed by atoms with Gasteiger partial charge in [0, 0.05) is 30.5 Å². The van der Waals surface area contributed by atoms with Crippen molar-refractivity contribution in [1.29, 1.82) is 0 Å². The maximum atomic E-state index is 12.9. The summed E-state index contributed by atoms with van der Waals surface area (Å²) in [4.78, 5) is 19.6. The Morgan fingerprint density at radius 2 is 2.00 bits per heavy atom. The lowest BCUT2D eigenvalue weighted by Crippen LogP contribution is -2.41. The highest BCUT2D eigenvalue weighted by Crippen LogP contribution is 2.37. The second kappa shape index (κ2) is 8.06. The fourth-order valence-electron chi connectivity index (χ4n) is 3.79. The molecular formula is C21H25N3O3. The van der Waals surface area contributed by atoms with E-state index >= 15 is 0 Å². The Morgan fingerprint density at radius 3 is 2.70 bits per heavy atom. The normalized spacial score (nSPS) is 23.4. The first-order chi connectivity index (χ1) is 13.2. The minimum Gasteiger partial charge on any atom is -0.393 e. The smallest absolute Gasteiger partial charge is 0.251 e. The molecule has 1 saturated carbocycles. The quantitative estimate of drug-likeness (QED) is 0.847. The number of rotatable bonds is 5. The van der Waals surface area contributed by atoms with Crippen molar-refractivity contribution in [1.82, 2.24) is 10.3 Å². The minimum absolute atomic E-state index is 0.109. The van der Waals surface area contributed by atoms with E-state index in [4.69, 9.17) is 4.74 Å². The van der Waals surface area contributed by atoms with E-state index in [1.54, 1.807) is 6.20 Å². The molecule has 1 atom stereocenters. The van der Waals surface area contributed by atoms with Gasteiger partial charge < -0.3 is 20.1 Å². The van der Waals surface area contributed by atoms with Crippen molar-refractivity contribution in [2.45, 2.75) is 25.0 Å². The Hall–Kier alpha value is -2.44. The van der Waals surface area contributed by atoms with E-state index in [1.165, 1.54) is 0 Å². The first-order valence-corrected chi connectivity index (χ1v) is 9.53. The number of aromatic nitrogens is 1. The number of carbonyl (C=O) groups excluding carboxylic acids is 1. The summed E-state index contributed by atoms with van der Waals surface area (Å²) in [6, 6.07) is 13.3. The van der Waals surface area contributed by atoms with Gasteiger partial charge in [0.25, 0.3) is 5.91 Å². The van der Waals surface area contributed by atoms with E-state index in [2.05, 4.69) is 15.2 Å². The molecule has 6 heteroatoms. The predicted molar refractivity (Wildman–Crippen MR) is 103 cm³/mol. The van der Waals surface area contributed by atoms with Gasteiger partial charge in [0.05, 0.1) is 31.1 Å². The van der Waals surface area contributed by atoms with E-state index < -0.39 is 0 Å². The molecule has 0 radical (unpaired) electrons. The minimum atomic E-state index is -0.275. The summed E-state index contributed by atoms with van der Waals surface area (Å²) < 4.78 is 5.41. The van der Waals surface area contributed by atoms with Crippen LogP contribution in [-0.4, -0.2) is 48.4 Å². The summed E-state index contributed by atoms with van der Waals surface area (Å²) in [6.07, 6.45) is 2.84. The van der Waals surface area contributed by atoms with Gasteiger partial charge >= 0.3 is 0 Å². The van der Waals surface area contributed by atoms with Crippen LogP contribution in [0.2, 0.25) is 0 Å². The lowest BCUT2D eigenvalue weighted by molar-refractivity contribution is 0.0228. The number of anilines is 1. The molecule has 6 nitrogen and oxygen atoms in total. The molecule has 1 aliphatic heterocycles. The molecule has 2 heterocycles. The van der Waals surface area contributed by atoms with Crippen LogP contribution in [0.4, 0.5) is 5.69 Å². The molecule has 1 saturated heterocycles. The Bertz CT molecular complexity index is 771. The molecule has 0 spiro atoms. The maximum absolute atomic E-state index is 12.9. The Labute approximate surface area is 159 Å². The molecule has 1 amide bonds. The molecule has 1 unspecified atom stereocenters. The van der Waals surface area contributed by atoms with E-state index in [-0.39, 0.29) is 24.0 Å². The largest absolute Gasteiger partial charge is 0.393 e. The maximum Gasteiger partial charge on any atom is 0.251 e. The van der Waals surface area contributed by atoms with E-state index in [1.807, 2.05) is 42.5 Å². The number of aliphatic hydroxyl groups is 1. The van der Waals surface area contributed by atoms with Crippen LogP contribution >= 0.6 is 0 Å². The summed E-state index contributed by atoms with van der Waals surface area (Å²) in [5.41, 5.74) is 2.52.